The summed E-state index contributed by atoms with van der Waals surface area (Å²) < 4.78 is 15.3. The number of nitrogens with zero attached hydrogens (tertiary/aromatic N) is 5. The topological polar surface area (TPSA) is 36.7 Å². The lowest BCUT2D eigenvalue weighted by Crippen LogP contribution is -2.45. The molecule has 5 nitrogen and oxygen atoms in total. The molecule has 4 rings (SSSR count). The Bertz CT molecular complexity index is 886. The fourth-order valence-electron chi connectivity index (χ4n) is 2.96. The minimum atomic E-state index is -0.426. The maximum atomic E-state index is 13.4. The average Bonchev–Trinajstić information content (AvgIpc) is 3.06. The monoisotopic (exact) mass is 345 g/mol. The molecule has 0 bridgehead atoms. The summed E-state index contributed by atoms with van der Waals surface area (Å²) >= 11 is 5.93. The molecule has 2 aromatic heterocycles. The van der Waals surface area contributed by atoms with E-state index < -0.39 is 5.82 Å². The van der Waals surface area contributed by atoms with Crippen LogP contribution in [-0.4, -0.2) is 52.7 Å². The van der Waals surface area contributed by atoms with E-state index in [0.717, 1.165) is 48.9 Å². The van der Waals surface area contributed by atoms with Gasteiger partial charge >= 0.3 is 0 Å². The number of hydrogen-bond acceptors (Lipinski definition) is 4. The van der Waals surface area contributed by atoms with E-state index in [1.54, 1.807) is 18.3 Å². The number of fused-ring (bicyclic) bond motifs is 1. The Morgan fingerprint density at radius 3 is 2.62 bits per heavy atom. The van der Waals surface area contributed by atoms with Crippen LogP contribution in [0.1, 0.15) is 0 Å². The van der Waals surface area contributed by atoms with Gasteiger partial charge in [0.15, 0.2) is 5.65 Å². The minimum absolute atomic E-state index is 0.101. The van der Waals surface area contributed by atoms with Crippen LogP contribution in [-0.2, 0) is 0 Å². The number of aromatic nitrogens is 3. The molecule has 0 saturated carbocycles. The lowest BCUT2D eigenvalue weighted by molar-refractivity contribution is 0.311. The van der Waals surface area contributed by atoms with Gasteiger partial charge in [0.05, 0.1) is 16.9 Å². The van der Waals surface area contributed by atoms with Gasteiger partial charge in [-0.25, -0.2) is 9.37 Å². The van der Waals surface area contributed by atoms with Crippen molar-refractivity contribution in [2.75, 3.05) is 38.1 Å². The Kier molecular flexibility index (Phi) is 3.86. The highest BCUT2D eigenvalue weighted by atomic mass is 35.5. The van der Waals surface area contributed by atoms with Gasteiger partial charge in [0.1, 0.15) is 11.6 Å². The van der Waals surface area contributed by atoms with Crippen molar-refractivity contribution in [3.05, 3.63) is 47.4 Å². The number of anilines is 1. The molecule has 0 radical (unpaired) electrons. The normalized spacial score (nSPS) is 16.0. The molecular formula is C17H17ClFN5. The van der Waals surface area contributed by atoms with E-state index in [2.05, 4.69) is 26.9 Å². The molecule has 1 aromatic carbocycles. The average molecular weight is 346 g/mol. The highest BCUT2D eigenvalue weighted by Crippen LogP contribution is 2.28. The molecule has 0 N–H and O–H groups in total. The summed E-state index contributed by atoms with van der Waals surface area (Å²) in [6.07, 6.45) is 1.74. The molecule has 0 spiro atoms. The van der Waals surface area contributed by atoms with Gasteiger partial charge in [0.2, 0.25) is 0 Å². The van der Waals surface area contributed by atoms with E-state index in [1.165, 1.54) is 6.07 Å². The molecule has 1 aliphatic heterocycles. The molecule has 1 saturated heterocycles. The Labute approximate surface area is 144 Å². The molecule has 0 amide bonds. The highest BCUT2D eigenvalue weighted by molar-refractivity contribution is 6.31. The SMILES string of the molecule is CN1CCN(c2cc(-c3ccc(F)c(Cl)c3)nc3ccnn23)CC1. The number of piperazine rings is 1. The minimum Gasteiger partial charge on any atom is -0.354 e. The summed E-state index contributed by atoms with van der Waals surface area (Å²) in [4.78, 5) is 9.24. The Morgan fingerprint density at radius 2 is 1.88 bits per heavy atom. The molecule has 3 aromatic rings. The van der Waals surface area contributed by atoms with E-state index in [4.69, 9.17) is 11.6 Å². The molecular weight excluding hydrogens is 329 g/mol. The molecule has 1 fully saturated rings. The van der Waals surface area contributed by atoms with E-state index >= 15 is 0 Å². The van der Waals surface area contributed by atoms with Gasteiger partial charge in [-0.2, -0.15) is 9.61 Å². The van der Waals surface area contributed by atoms with Crippen LogP contribution >= 0.6 is 11.6 Å². The second kappa shape index (κ2) is 6.03. The molecule has 0 atom stereocenters. The van der Waals surface area contributed by atoms with Crippen LogP contribution in [0.15, 0.2) is 36.5 Å². The third kappa shape index (κ3) is 2.72. The van der Waals surface area contributed by atoms with Crippen molar-refractivity contribution in [3.8, 4) is 11.3 Å². The second-order valence-electron chi connectivity index (χ2n) is 6.02. The first-order valence-electron chi connectivity index (χ1n) is 7.85. The van der Waals surface area contributed by atoms with Crippen molar-refractivity contribution < 1.29 is 4.39 Å². The molecule has 24 heavy (non-hydrogen) atoms. The summed E-state index contributed by atoms with van der Waals surface area (Å²) in [5.74, 6) is 0.568. The third-order valence-corrected chi connectivity index (χ3v) is 4.67. The van der Waals surface area contributed by atoms with Crippen LogP contribution in [0.4, 0.5) is 10.2 Å². The largest absolute Gasteiger partial charge is 0.354 e. The van der Waals surface area contributed by atoms with Gasteiger partial charge in [-0.15, -0.1) is 0 Å². The van der Waals surface area contributed by atoms with Crippen molar-refractivity contribution in [3.63, 3.8) is 0 Å². The van der Waals surface area contributed by atoms with Crippen LogP contribution < -0.4 is 4.90 Å². The van der Waals surface area contributed by atoms with Crippen molar-refractivity contribution in [2.45, 2.75) is 0 Å². The van der Waals surface area contributed by atoms with Gasteiger partial charge in [0, 0.05) is 43.9 Å². The van der Waals surface area contributed by atoms with Gasteiger partial charge in [0.25, 0.3) is 0 Å². The zero-order valence-corrected chi connectivity index (χ0v) is 14.0. The van der Waals surface area contributed by atoms with Crippen LogP contribution in [0.3, 0.4) is 0 Å². The summed E-state index contributed by atoms with van der Waals surface area (Å²) in [5.41, 5.74) is 2.32. The summed E-state index contributed by atoms with van der Waals surface area (Å²) in [5, 5.41) is 4.49. The molecule has 1 aliphatic rings. The van der Waals surface area contributed by atoms with Crippen LogP contribution in [0.25, 0.3) is 16.9 Å². The zero-order valence-electron chi connectivity index (χ0n) is 13.3. The summed E-state index contributed by atoms with van der Waals surface area (Å²) in [6, 6.07) is 8.54. The van der Waals surface area contributed by atoms with Crippen LogP contribution in [0.5, 0.6) is 0 Å². The highest BCUT2D eigenvalue weighted by Gasteiger charge is 2.19. The summed E-state index contributed by atoms with van der Waals surface area (Å²) in [6.45, 7) is 3.86. The first kappa shape index (κ1) is 15.4. The maximum absolute atomic E-state index is 13.4. The van der Waals surface area contributed by atoms with Gasteiger partial charge in [-0.3, -0.25) is 0 Å². The number of halogens is 2. The predicted molar refractivity (Wildman–Crippen MR) is 93.1 cm³/mol. The number of hydrogen-bond donors (Lipinski definition) is 0. The zero-order chi connectivity index (χ0) is 16.7. The van der Waals surface area contributed by atoms with Crippen molar-refractivity contribution in [2.24, 2.45) is 0 Å². The first-order chi connectivity index (χ1) is 11.6. The second-order valence-corrected chi connectivity index (χ2v) is 6.43. The van der Waals surface area contributed by atoms with Gasteiger partial charge < -0.3 is 9.80 Å². The predicted octanol–water partition coefficient (Wildman–Crippen LogP) is 2.94. The van der Waals surface area contributed by atoms with Gasteiger partial charge in [-0.05, 0) is 25.2 Å². The van der Waals surface area contributed by atoms with E-state index in [-0.39, 0.29) is 5.02 Å². The maximum Gasteiger partial charge on any atom is 0.157 e. The molecule has 7 heteroatoms. The molecule has 3 heterocycles. The smallest absolute Gasteiger partial charge is 0.157 e. The number of rotatable bonds is 2. The Morgan fingerprint density at radius 1 is 1.08 bits per heavy atom. The van der Waals surface area contributed by atoms with E-state index in [0.29, 0.717) is 0 Å². The van der Waals surface area contributed by atoms with Gasteiger partial charge in [-0.1, -0.05) is 11.6 Å². The fraction of sp³-hybridized carbons (Fsp3) is 0.294. The lowest BCUT2D eigenvalue weighted by atomic mass is 10.1. The molecule has 0 unspecified atom stereocenters. The van der Waals surface area contributed by atoms with E-state index in [1.807, 2.05) is 16.6 Å². The van der Waals surface area contributed by atoms with Crippen molar-refractivity contribution in [1.82, 2.24) is 19.5 Å². The summed E-state index contributed by atoms with van der Waals surface area (Å²) in [7, 11) is 2.12. The fourth-order valence-corrected chi connectivity index (χ4v) is 3.14. The van der Waals surface area contributed by atoms with Crippen LogP contribution in [0, 0.1) is 5.82 Å². The Balaban J connectivity index is 1.81. The first-order valence-corrected chi connectivity index (χ1v) is 8.23. The number of benzene rings is 1. The Hall–Kier alpha value is -2.18. The molecule has 0 aliphatic carbocycles. The number of likely N-dealkylation sites (N-methyl/N-ethyl adjacent to an activating group) is 1. The third-order valence-electron chi connectivity index (χ3n) is 4.38. The van der Waals surface area contributed by atoms with Crippen molar-refractivity contribution in [1.29, 1.82) is 0 Å². The van der Waals surface area contributed by atoms with E-state index in [9.17, 15) is 4.39 Å². The lowest BCUT2D eigenvalue weighted by Gasteiger charge is -2.34. The van der Waals surface area contributed by atoms with Crippen molar-refractivity contribution >= 4 is 23.1 Å². The molecule has 124 valence electrons. The van der Waals surface area contributed by atoms with Crippen LogP contribution in [0.2, 0.25) is 5.02 Å². The quantitative estimate of drug-likeness (QED) is 0.715. The standard InChI is InChI=1S/C17H17ClFN5/c1-22-6-8-23(9-7-22)17-11-15(21-16-4-5-20-24(16)17)12-2-3-14(19)13(18)10-12/h2-5,10-11H,6-9H2,1H3.